The number of benzene rings is 2. The maximum Gasteiger partial charge on any atom is 0.404 e. The molecule has 4 heterocycles. The molecule has 0 spiro atoms. The lowest BCUT2D eigenvalue weighted by Crippen LogP contribution is -2.46. The normalized spacial score (nSPS) is 17.8. The Balaban J connectivity index is 0.787. The summed E-state index contributed by atoms with van der Waals surface area (Å²) in [7, 11) is 0. The number of carbonyl (C=O) groups is 6. The molecule has 1 aromatic heterocycles. The minimum absolute atomic E-state index is 0.0302. The Kier molecular flexibility index (Phi) is 21.7. The maximum absolute atomic E-state index is 14.0. The number of alkyl halides is 2. The molecule has 0 unspecified atom stereocenters. The van der Waals surface area contributed by atoms with Crippen LogP contribution in [0.5, 0.6) is 0 Å². The van der Waals surface area contributed by atoms with Gasteiger partial charge in [0.25, 0.3) is 11.8 Å². The summed E-state index contributed by atoms with van der Waals surface area (Å²) in [4.78, 5) is 77.2. The number of nitrogens with one attached hydrogen (secondary N) is 3. The van der Waals surface area contributed by atoms with E-state index in [1.807, 2.05) is 18.2 Å². The number of nitrogens with zero attached hydrogens (tertiary/aromatic N) is 6. The maximum atomic E-state index is 14.0. The van der Waals surface area contributed by atoms with Gasteiger partial charge in [0.2, 0.25) is 23.6 Å². The van der Waals surface area contributed by atoms with Gasteiger partial charge in [-0.2, -0.15) is 5.26 Å². The first-order valence-corrected chi connectivity index (χ1v) is 24.0. The van der Waals surface area contributed by atoms with Crippen molar-refractivity contribution in [3.63, 3.8) is 0 Å². The molecule has 6 rings (SSSR count). The van der Waals surface area contributed by atoms with Gasteiger partial charge in [0.15, 0.2) is 0 Å². The molecule has 2 aromatic carbocycles. The molecule has 3 aromatic rings. The number of amides is 6. The van der Waals surface area contributed by atoms with Crippen molar-refractivity contribution >= 4 is 35.6 Å². The number of nitrogens with two attached hydrogens (primary N) is 1. The summed E-state index contributed by atoms with van der Waals surface area (Å²) in [5.74, 6) is -6.06. The van der Waals surface area contributed by atoms with E-state index in [9.17, 15) is 42.8 Å². The van der Waals surface area contributed by atoms with Gasteiger partial charge in [0, 0.05) is 62.5 Å². The van der Waals surface area contributed by atoms with Crippen LogP contribution in [0.1, 0.15) is 52.7 Å². The summed E-state index contributed by atoms with van der Waals surface area (Å²) in [6.45, 7) is 5.00. The summed E-state index contributed by atoms with van der Waals surface area (Å²) in [5, 5.41) is 26.0. The van der Waals surface area contributed by atoms with Crippen LogP contribution in [0, 0.1) is 17.2 Å². The van der Waals surface area contributed by atoms with Crippen molar-refractivity contribution in [3.8, 4) is 17.3 Å². The van der Waals surface area contributed by atoms with E-state index in [2.05, 4.69) is 31.0 Å². The van der Waals surface area contributed by atoms with Crippen LogP contribution in [-0.2, 0) is 72.0 Å². The van der Waals surface area contributed by atoms with Crippen LogP contribution in [0.4, 0.5) is 13.6 Å². The van der Waals surface area contributed by atoms with Gasteiger partial charge in [-0.25, -0.2) is 18.3 Å². The van der Waals surface area contributed by atoms with Gasteiger partial charge in [0.1, 0.15) is 24.4 Å². The van der Waals surface area contributed by atoms with Crippen LogP contribution in [0.3, 0.4) is 0 Å². The molecule has 0 radical (unpaired) electrons. The predicted molar refractivity (Wildman–Crippen MR) is 251 cm³/mol. The highest BCUT2D eigenvalue weighted by Gasteiger charge is 2.50. The number of carbonyl (C=O) groups excluding carboxylic acids is 6. The number of ether oxygens (including phenoxy) is 7. The van der Waals surface area contributed by atoms with Gasteiger partial charge >= 0.3 is 6.09 Å². The van der Waals surface area contributed by atoms with Gasteiger partial charge in [-0.1, -0.05) is 35.5 Å². The van der Waals surface area contributed by atoms with E-state index in [0.29, 0.717) is 97.0 Å². The molecule has 3 aliphatic rings. The van der Waals surface area contributed by atoms with Crippen LogP contribution >= 0.6 is 0 Å². The third kappa shape index (κ3) is 17.8. The third-order valence-electron chi connectivity index (χ3n) is 11.9. The van der Waals surface area contributed by atoms with E-state index in [1.165, 1.54) is 0 Å². The van der Waals surface area contributed by atoms with Crippen molar-refractivity contribution in [2.45, 2.75) is 63.3 Å². The van der Waals surface area contributed by atoms with E-state index >= 15 is 0 Å². The fraction of sp³-hybridized carbons (Fsp3) is 0.562. The minimum Gasteiger partial charge on any atom is -0.447 e. The smallest absolute Gasteiger partial charge is 0.404 e. The van der Waals surface area contributed by atoms with Crippen LogP contribution in [0.25, 0.3) is 11.3 Å². The first kappa shape index (κ1) is 55.6. The molecule has 3 aliphatic heterocycles. The Bertz CT molecular complexity index is 2370. The summed E-state index contributed by atoms with van der Waals surface area (Å²) in [6.07, 6.45) is 0.156. The number of aromatic nitrogens is 3. The fourth-order valence-corrected chi connectivity index (χ4v) is 8.21. The lowest BCUT2D eigenvalue weighted by molar-refractivity contribution is -0.135. The molecule has 0 bridgehead atoms. The summed E-state index contributed by atoms with van der Waals surface area (Å²) in [6, 6.07) is 12.0. The second-order valence-corrected chi connectivity index (χ2v) is 17.2. The lowest BCUT2D eigenvalue weighted by atomic mass is 9.99. The van der Waals surface area contributed by atoms with Crippen molar-refractivity contribution < 1.29 is 70.7 Å². The van der Waals surface area contributed by atoms with Crippen LogP contribution in [-0.4, -0.2) is 184 Å². The second-order valence-electron chi connectivity index (χ2n) is 17.2. The Hall–Kier alpha value is -6.69. The Morgan fingerprint density at radius 1 is 0.822 bits per heavy atom. The van der Waals surface area contributed by atoms with E-state index < -0.39 is 54.8 Å². The Morgan fingerprint density at radius 2 is 1.44 bits per heavy atom. The number of rotatable bonds is 31. The molecule has 6 amide bonds. The number of primary amides is 1. The second kappa shape index (κ2) is 28.5. The highest BCUT2D eigenvalue weighted by Crippen LogP contribution is 2.34. The van der Waals surface area contributed by atoms with E-state index in [4.69, 9.17) is 34.2 Å². The van der Waals surface area contributed by atoms with Gasteiger partial charge in [-0.3, -0.25) is 24.0 Å². The first-order chi connectivity index (χ1) is 35.3. The molecule has 3 atom stereocenters. The molecule has 396 valence electrons. The number of halogens is 2. The van der Waals surface area contributed by atoms with Crippen molar-refractivity contribution in [2.75, 3.05) is 106 Å². The number of hydrogen-bond acceptors (Lipinski definition) is 16. The fourth-order valence-electron chi connectivity index (χ4n) is 8.21. The topological polar surface area (TPSA) is 290 Å². The van der Waals surface area contributed by atoms with Crippen LogP contribution < -0.4 is 21.7 Å². The average Bonchev–Trinajstić information content (AvgIpc) is 4.18. The lowest BCUT2D eigenvalue weighted by Gasteiger charge is -2.22. The number of hydrogen-bond donors (Lipinski definition) is 4. The molecule has 5 N–H and O–H groups in total. The summed E-state index contributed by atoms with van der Waals surface area (Å²) >= 11 is 0. The van der Waals surface area contributed by atoms with Crippen LogP contribution in [0.2, 0.25) is 0 Å². The van der Waals surface area contributed by atoms with Gasteiger partial charge < -0.3 is 64.6 Å². The standard InChI is InChI=1S/C48H62F2N10O13/c49-48(50)26-38(27-51)60(32-48)46(65)40-24-37(45(64)55-40)25-43(62)58-28-35-2-1-3-36(39(35)30-58)29-59-31-41(56-57-59)33-4-6-34(7-5-33)44(63)54-10-9-53-42(61)8-11-67-12-13-68-14-15-69-16-17-70-18-19-71-20-21-72-22-23-73-47(52)66/h1-7,31,37-38,40H,8-26,28-30,32H2,(H2,52,66)(H,53,61)(H,54,63)(H,55,64)/t37-,38-,40-/m0/s1. The van der Waals surface area contributed by atoms with Crippen molar-refractivity contribution in [3.05, 3.63) is 70.9 Å². The van der Waals surface area contributed by atoms with Crippen molar-refractivity contribution in [2.24, 2.45) is 11.7 Å². The van der Waals surface area contributed by atoms with Crippen LogP contribution in [0.15, 0.2) is 48.7 Å². The van der Waals surface area contributed by atoms with E-state index in [1.54, 1.807) is 46.1 Å². The Labute approximate surface area is 420 Å². The molecule has 2 fully saturated rings. The highest BCUT2D eigenvalue weighted by atomic mass is 19.3. The zero-order valence-corrected chi connectivity index (χ0v) is 40.4. The average molecular weight is 1030 g/mol. The number of nitriles is 1. The zero-order chi connectivity index (χ0) is 52.0. The van der Waals surface area contributed by atoms with E-state index in [-0.39, 0.29) is 69.9 Å². The van der Waals surface area contributed by atoms with Crippen molar-refractivity contribution in [1.82, 2.24) is 40.7 Å². The van der Waals surface area contributed by atoms with Gasteiger partial charge in [-0.15, -0.1) is 5.10 Å². The summed E-state index contributed by atoms with van der Waals surface area (Å²) < 4.78 is 66.5. The van der Waals surface area contributed by atoms with Gasteiger partial charge in [-0.05, 0) is 35.2 Å². The number of fused-ring (bicyclic) bond motifs is 1. The monoisotopic (exact) mass is 1020 g/mol. The molecule has 23 nitrogen and oxygen atoms in total. The van der Waals surface area contributed by atoms with Gasteiger partial charge in [0.05, 0.1) is 105 Å². The molecular weight excluding hydrogens is 963 g/mol. The third-order valence-corrected chi connectivity index (χ3v) is 11.9. The highest BCUT2D eigenvalue weighted by molar-refractivity contribution is 5.95. The zero-order valence-electron chi connectivity index (χ0n) is 40.4. The Morgan fingerprint density at radius 3 is 2.07 bits per heavy atom. The molecular formula is C48H62F2N10O13. The SMILES string of the molecule is N#C[C@@H]1CC(F)(F)CN1C(=O)[C@@H]1C[C@@H](CC(=O)N2Cc3cccc(Cn4cc(-c5ccc(C(=O)NCCNC(=O)CCOCCOCCOCCOCCOCCOCCOC(N)=O)cc5)nn4)c3C2)C(=O)N1. The minimum atomic E-state index is -3.18. The van der Waals surface area contributed by atoms with E-state index in [0.717, 1.165) is 27.2 Å². The largest absolute Gasteiger partial charge is 0.447 e. The molecule has 73 heavy (non-hydrogen) atoms. The number of likely N-dealkylation sites (tertiary alicyclic amines) is 1. The molecule has 0 saturated carbocycles. The molecule has 0 aliphatic carbocycles. The van der Waals surface area contributed by atoms with Crippen molar-refractivity contribution in [1.29, 1.82) is 5.26 Å². The quantitative estimate of drug-likeness (QED) is 0.0652. The summed E-state index contributed by atoms with van der Waals surface area (Å²) in [5.41, 5.74) is 9.40. The first-order valence-electron chi connectivity index (χ1n) is 24.0. The molecule has 25 heteroatoms. The predicted octanol–water partition coefficient (Wildman–Crippen LogP) is 0.921. The molecule has 2 saturated heterocycles.